The molecule has 0 spiro atoms. The molecule has 0 aromatic heterocycles. The molecule has 0 saturated heterocycles. The summed E-state index contributed by atoms with van der Waals surface area (Å²) in [6.07, 6.45) is 13.3. The van der Waals surface area contributed by atoms with E-state index in [0.29, 0.717) is 12.3 Å². The van der Waals surface area contributed by atoms with Crippen LogP contribution in [0.4, 0.5) is 0 Å². The van der Waals surface area contributed by atoms with Crippen molar-refractivity contribution in [1.82, 2.24) is 5.32 Å². The summed E-state index contributed by atoms with van der Waals surface area (Å²) in [5.41, 5.74) is 1.18. The lowest BCUT2D eigenvalue weighted by atomic mass is 10.1. The van der Waals surface area contributed by atoms with Crippen LogP contribution in [0.1, 0.15) is 45.6 Å². The van der Waals surface area contributed by atoms with Crippen molar-refractivity contribution in [3.8, 4) is 0 Å². The third kappa shape index (κ3) is 10.1. The molecule has 4 atom stereocenters. The second-order valence-electron chi connectivity index (χ2n) is 7.85. The quantitative estimate of drug-likeness (QED) is 0.360. The fraction of sp³-hybridized carbons (Fsp3) is 0.462. The molecule has 0 bridgehead atoms. The normalized spacial score (nSPS) is 16.5. The van der Waals surface area contributed by atoms with Gasteiger partial charge in [0, 0.05) is 23.1 Å². The molecule has 33 heavy (non-hydrogen) atoms. The van der Waals surface area contributed by atoms with Crippen LogP contribution >= 0.6 is 23.5 Å². The van der Waals surface area contributed by atoms with Gasteiger partial charge in [-0.25, -0.2) is 0 Å². The number of hydrogen-bond donors (Lipinski definition) is 1. The number of benzene rings is 1. The molecular weight excluding hydrogens is 454 g/mol. The van der Waals surface area contributed by atoms with Crippen LogP contribution < -0.4 is 5.32 Å². The van der Waals surface area contributed by atoms with E-state index < -0.39 is 0 Å². The molecule has 5 nitrogen and oxygen atoms in total. The van der Waals surface area contributed by atoms with Crippen molar-refractivity contribution in [2.24, 2.45) is 0 Å². The largest absolute Gasteiger partial charge is 0.460 e. The molecule has 0 saturated carbocycles. The first-order chi connectivity index (χ1) is 15.9. The number of nitrogens with one attached hydrogen (secondary N) is 1. The van der Waals surface area contributed by atoms with E-state index in [-0.39, 0.29) is 40.2 Å². The van der Waals surface area contributed by atoms with Crippen molar-refractivity contribution >= 4 is 35.5 Å². The first kappa shape index (κ1) is 27.1. The lowest BCUT2D eigenvalue weighted by Gasteiger charge is -2.25. The maximum atomic E-state index is 12.8. The number of hydrogen-bond acceptors (Lipinski definition) is 7. The van der Waals surface area contributed by atoms with Crippen LogP contribution in [-0.4, -0.2) is 40.0 Å². The van der Waals surface area contributed by atoms with Gasteiger partial charge in [-0.3, -0.25) is 9.59 Å². The van der Waals surface area contributed by atoms with Crippen molar-refractivity contribution in [2.75, 3.05) is 6.26 Å². The molecule has 180 valence electrons. The summed E-state index contributed by atoms with van der Waals surface area (Å²) in [7, 11) is 0. The van der Waals surface area contributed by atoms with E-state index in [1.807, 2.05) is 56.5 Å². The predicted molar refractivity (Wildman–Crippen MR) is 139 cm³/mol. The molecule has 7 heteroatoms. The molecule has 0 aliphatic carbocycles. The van der Waals surface area contributed by atoms with Crippen LogP contribution in [0.15, 0.2) is 66.7 Å². The maximum absolute atomic E-state index is 12.8. The third-order valence-corrected chi connectivity index (χ3v) is 7.72. The van der Waals surface area contributed by atoms with Crippen molar-refractivity contribution < 1.29 is 19.1 Å². The van der Waals surface area contributed by atoms with E-state index in [2.05, 4.69) is 24.4 Å². The number of ether oxygens (including phenoxy) is 2. The maximum Gasteiger partial charge on any atom is 0.319 e. The van der Waals surface area contributed by atoms with Crippen LogP contribution in [0.25, 0.3) is 0 Å². The predicted octanol–water partition coefficient (Wildman–Crippen LogP) is 5.63. The second kappa shape index (κ2) is 14.9. The van der Waals surface area contributed by atoms with Gasteiger partial charge in [-0.1, -0.05) is 49.4 Å². The standard InChI is InChI=1S/C26H35NO4S2/c1-5-23(19(2)32-4)30-26(29)20(3)33-22(18-21-12-8-6-9-13-21)15-16-25(28)31-24-14-10-7-11-17-27-24/h6-14,17,19-20,22-23,27H,5,15-16,18H2,1-4H3. The summed E-state index contributed by atoms with van der Waals surface area (Å²) in [5.74, 6) is -0.0892. The molecule has 2 rings (SSSR count). The Morgan fingerprint density at radius 2 is 1.85 bits per heavy atom. The zero-order valence-electron chi connectivity index (χ0n) is 19.9. The molecule has 1 aromatic rings. The van der Waals surface area contributed by atoms with E-state index in [4.69, 9.17) is 9.47 Å². The van der Waals surface area contributed by atoms with Crippen LogP contribution in [0, 0.1) is 0 Å². The van der Waals surface area contributed by atoms with Gasteiger partial charge < -0.3 is 14.8 Å². The highest BCUT2D eigenvalue weighted by molar-refractivity contribution is 8.01. The van der Waals surface area contributed by atoms with Crippen molar-refractivity contribution in [3.05, 3.63) is 72.3 Å². The van der Waals surface area contributed by atoms with E-state index in [0.717, 1.165) is 12.8 Å². The number of carbonyl (C=O) groups excluding carboxylic acids is 2. The summed E-state index contributed by atoms with van der Waals surface area (Å²) >= 11 is 3.27. The minimum atomic E-state index is -0.320. The van der Waals surface area contributed by atoms with Gasteiger partial charge in [0.1, 0.15) is 6.10 Å². The van der Waals surface area contributed by atoms with Gasteiger partial charge in [0.05, 0.1) is 5.25 Å². The summed E-state index contributed by atoms with van der Waals surface area (Å²) in [4.78, 5) is 25.2. The zero-order chi connectivity index (χ0) is 24.1. The van der Waals surface area contributed by atoms with Gasteiger partial charge in [0.25, 0.3) is 0 Å². The number of thioether (sulfide) groups is 2. The lowest BCUT2D eigenvalue weighted by Crippen LogP contribution is -2.31. The fourth-order valence-corrected chi connectivity index (χ4v) is 5.14. The average Bonchev–Trinajstić information content (AvgIpc) is 3.09. The Bertz CT molecular complexity index is 838. The topological polar surface area (TPSA) is 64.6 Å². The van der Waals surface area contributed by atoms with E-state index in [9.17, 15) is 9.59 Å². The third-order valence-electron chi connectivity index (χ3n) is 5.29. The average molecular weight is 490 g/mol. The number of rotatable bonds is 13. The molecule has 1 aliphatic rings. The zero-order valence-corrected chi connectivity index (χ0v) is 21.5. The minimum Gasteiger partial charge on any atom is -0.460 e. The van der Waals surface area contributed by atoms with Crippen LogP contribution in [0.2, 0.25) is 0 Å². The van der Waals surface area contributed by atoms with E-state index >= 15 is 0 Å². The summed E-state index contributed by atoms with van der Waals surface area (Å²) in [6.45, 7) is 6.01. The number of allylic oxidation sites excluding steroid dienone is 4. The summed E-state index contributed by atoms with van der Waals surface area (Å²) in [6, 6.07) is 10.1. The molecule has 0 fully saturated rings. The van der Waals surface area contributed by atoms with Gasteiger partial charge in [-0.05, 0) is 57.1 Å². The Morgan fingerprint density at radius 1 is 1.09 bits per heavy atom. The molecular formula is C26H35NO4S2. The van der Waals surface area contributed by atoms with Gasteiger partial charge in [-0.15, -0.1) is 11.8 Å². The Morgan fingerprint density at radius 3 is 2.55 bits per heavy atom. The Kier molecular flexibility index (Phi) is 12.3. The van der Waals surface area contributed by atoms with Crippen molar-refractivity contribution in [1.29, 1.82) is 0 Å². The Labute approximate surface area is 206 Å². The highest BCUT2D eigenvalue weighted by Gasteiger charge is 2.26. The van der Waals surface area contributed by atoms with Crippen LogP contribution in [-0.2, 0) is 25.5 Å². The van der Waals surface area contributed by atoms with Gasteiger partial charge >= 0.3 is 11.9 Å². The molecule has 1 N–H and O–H groups in total. The Hall–Kier alpha value is -2.12. The van der Waals surface area contributed by atoms with Gasteiger partial charge in [-0.2, -0.15) is 11.8 Å². The van der Waals surface area contributed by atoms with E-state index in [1.165, 1.54) is 5.56 Å². The molecule has 1 heterocycles. The molecule has 1 aromatic carbocycles. The highest BCUT2D eigenvalue weighted by Crippen LogP contribution is 2.28. The number of carbonyl (C=O) groups is 2. The first-order valence-electron chi connectivity index (χ1n) is 11.4. The second-order valence-corrected chi connectivity index (χ2v) is 10.7. The van der Waals surface area contributed by atoms with Gasteiger partial charge in [0.2, 0.25) is 5.88 Å². The van der Waals surface area contributed by atoms with E-state index in [1.54, 1.807) is 35.8 Å². The van der Waals surface area contributed by atoms with Crippen LogP contribution in [0.5, 0.6) is 0 Å². The van der Waals surface area contributed by atoms with Crippen molar-refractivity contribution in [3.63, 3.8) is 0 Å². The fourth-order valence-electron chi connectivity index (χ4n) is 3.30. The molecule has 0 radical (unpaired) electrons. The molecule has 0 amide bonds. The summed E-state index contributed by atoms with van der Waals surface area (Å²) in [5, 5.41) is 2.94. The SMILES string of the molecule is CCC(OC(=O)C(C)SC(CCC(=O)OC1=CC=CC=CN1)Cc1ccccc1)C(C)SC. The highest BCUT2D eigenvalue weighted by atomic mass is 32.2. The summed E-state index contributed by atoms with van der Waals surface area (Å²) < 4.78 is 11.2. The Balaban J connectivity index is 1.97. The molecule has 4 unspecified atom stereocenters. The minimum absolute atomic E-state index is 0.0800. The smallest absolute Gasteiger partial charge is 0.319 e. The van der Waals surface area contributed by atoms with Crippen LogP contribution in [0.3, 0.4) is 0 Å². The lowest BCUT2D eigenvalue weighted by molar-refractivity contribution is -0.148. The van der Waals surface area contributed by atoms with Crippen molar-refractivity contribution in [2.45, 2.75) is 68.3 Å². The molecule has 1 aliphatic heterocycles. The monoisotopic (exact) mass is 489 g/mol. The number of esters is 2. The first-order valence-corrected chi connectivity index (χ1v) is 13.6. The van der Waals surface area contributed by atoms with Gasteiger partial charge in [0.15, 0.2) is 0 Å².